The van der Waals surface area contributed by atoms with Gasteiger partial charge in [-0.15, -0.1) is 0 Å². The number of nitrogen functional groups attached to an aromatic ring is 1. The van der Waals surface area contributed by atoms with Crippen LogP contribution in [-0.2, 0) is 20.1 Å². The second-order valence-corrected chi connectivity index (χ2v) is 4.94. The molecule has 0 saturated heterocycles. The van der Waals surface area contributed by atoms with Crippen molar-refractivity contribution in [2.45, 2.75) is 26.4 Å². The first-order chi connectivity index (χ1) is 9.17. The largest absolute Gasteiger partial charge is 0.399 e. The Labute approximate surface area is 114 Å². The molecule has 0 saturated carbocycles. The van der Waals surface area contributed by atoms with Crippen LogP contribution in [0.5, 0.6) is 0 Å². The minimum Gasteiger partial charge on any atom is -0.399 e. The molecule has 1 aromatic carbocycles. The molecule has 4 nitrogen and oxygen atoms in total. The van der Waals surface area contributed by atoms with Gasteiger partial charge in [0.25, 0.3) is 0 Å². The van der Waals surface area contributed by atoms with Gasteiger partial charge in [-0.05, 0) is 36.7 Å². The van der Waals surface area contributed by atoms with E-state index in [1.807, 2.05) is 36.1 Å². The Morgan fingerprint density at radius 2 is 2.11 bits per heavy atom. The first-order valence-electron chi connectivity index (χ1n) is 6.72. The van der Waals surface area contributed by atoms with Gasteiger partial charge in [0.05, 0.1) is 5.69 Å². The smallest absolute Gasteiger partial charge is 0.0764 e. The van der Waals surface area contributed by atoms with Crippen LogP contribution in [0.3, 0.4) is 0 Å². The van der Waals surface area contributed by atoms with Gasteiger partial charge in [0.1, 0.15) is 0 Å². The second kappa shape index (κ2) is 6.38. The SMILES string of the molecule is CCCN(Cc1cccc(N)c1)Cc1ccn(C)n1. The number of nitrogens with two attached hydrogens (primary N) is 1. The molecule has 102 valence electrons. The van der Waals surface area contributed by atoms with E-state index in [2.05, 4.69) is 29.1 Å². The molecule has 1 aromatic heterocycles. The summed E-state index contributed by atoms with van der Waals surface area (Å²) in [6.45, 7) is 5.05. The number of aromatic nitrogens is 2. The fourth-order valence-corrected chi connectivity index (χ4v) is 2.26. The lowest BCUT2D eigenvalue weighted by atomic mass is 10.2. The number of aryl methyl sites for hydroxylation is 1. The van der Waals surface area contributed by atoms with E-state index in [9.17, 15) is 0 Å². The van der Waals surface area contributed by atoms with Gasteiger partial charge in [-0.3, -0.25) is 9.58 Å². The van der Waals surface area contributed by atoms with Crippen LogP contribution in [0, 0.1) is 0 Å². The average molecular weight is 258 g/mol. The molecule has 0 bridgehead atoms. The zero-order valence-corrected chi connectivity index (χ0v) is 11.7. The van der Waals surface area contributed by atoms with Crippen molar-refractivity contribution < 1.29 is 0 Å². The quantitative estimate of drug-likeness (QED) is 0.809. The summed E-state index contributed by atoms with van der Waals surface area (Å²) in [7, 11) is 1.95. The maximum absolute atomic E-state index is 5.83. The van der Waals surface area contributed by atoms with E-state index < -0.39 is 0 Å². The van der Waals surface area contributed by atoms with Crippen LogP contribution in [0.25, 0.3) is 0 Å². The molecule has 0 aliphatic rings. The fraction of sp³-hybridized carbons (Fsp3) is 0.400. The summed E-state index contributed by atoms with van der Waals surface area (Å²) >= 11 is 0. The normalized spacial score (nSPS) is 11.1. The summed E-state index contributed by atoms with van der Waals surface area (Å²) in [5.41, 5.74) is 9.02. The average Bonchev–Trinajstić information content (AvgIpc) is 2.75. The summed E-state index contributed by atoms with van der Waals surface area (Å²) < 4.78 is 1.85. The van der Waals surface area contributed by atoms with E-state index in [-0.39, 0.29) is 0 Å². The summed E-state index contributed by atoms with van der Waals surface area (Å²) in [6.07, 6.45) is 3.12. The predicted octanol–water partition coefficient (Wildman–Crippen LogP) is 2.41. The van der Waals surface area contributed by atoms with Gasteiger partial charge >= 0.3 is 0 Å². The Bertz CT molecular complexity index is 518. The third-order valence-electron chi connectivity index (χ3n) is 3.05. The molecular formula is C15H22N4. The zero-order chi connectivity index (χ0) is 13.7. The summed E-state index contributed by atoms with van der Waals surface area (Å²) in [5, 5.41) is 4.44. The molecule has 0 aliphatic carbocycles. The molecule has 2 aromatic rings. The molecule has 4 heteroatoms. The molecule has 2 N–H and O–H groups in total. The molecule has 0 amide bonds. The van der Waals surface area contributed by atoms with E-state index in [1.54, 1.807) is 0 Å². The Morgan fingerprint density at radius 3 is 2.74 bits per heavy atom. The molecule has 0 aliphatic heterocycles. The van der Waals surface area contributed by atoms with E-state index >= 15 is 0 Å². The van der Waals surface area contributed by atoms with Gasteiger partial charge in [-0.2, -0.15) is 5.10 Å². The molecular weight excluding hydrogens is 236 g/mol. The highest BCUT2D eigenvalue weighted by Crippen LogP contribution is 2.12. The third kappa shape index (κ3) is 4.10. The summed E-state index contributed by atoms with van der Waals surface area (Å²) in [4.78, 5) is 2.40. The van der Waals surface area contributed by atoms with Crippen LogP contribution in [0.1, 0.15) is 24.6 Å². The highest BCUT2D eigenvalue weighted by Gasteiger charge is 2.08. The molecule has 2 rings (SSSR count). The van der Waals surface area contributed by atoms with Crippen molar-refractivity contribution in [1.29, 1.82) is 0 Å². The van der Waals surface area contributed by atoms with Crippen molar-refractivity contribution in [3.63, 3.8) is 0 Å². The van der Waals surface area contributed by atoms with Crippen LogP contribution in [-0.4, -0.2) is 21.2 Å². The van der Waals surface area contributed by atoms with Gasteiger partial charge in [0.15, 0.2) is 0 Å². The summed E-state index contributed by atoms with van der Waals surface area (Å²) in [6, 6.07) is 10.2. The summed E-state index contributed by atoms with van der Waals surface area (Å²) in [5.74, 6) is 0. The predicted molar refractivity (Wildman–Crippen MR) is 78.5 cm³/mol. The van der Waals surface area contributed by atoms with Crippen LogP contribution < -0.4 is 5.73 Å². The van der Waals surface area contributed by atoms with Crippen LogP contribution >= 0.6 is 0 Å². The van der Waals surface area contributed by atoms with Gasteiger partial charge in [-0.25, -0.2) is 0 Å². The topological polar surface area (TPSA) is 47.1 Å². The third-order valence-corrected chi connectivity index (χ3v) is 3.05. The standard InChI is InChI=1S/C15H22N4/c1-3-8-19(12-15-7-9-18(2)17-15)11-13-5-4-6-14(16)10-13/h4-7,9-10H,3,8,11-12,16H2,1-2H3. The molecule has 0 unspecified atom stereocenters. The minimum atomic E-state index is 0.826. The Morgan fingerprint density at radius 1 is 1.26 bits per heavy atom. The monoisotopic (exact) mass is 258 g/mol. The van der Waals surface area contributed by atoms with Crippen LogP contribution in [0.15, 0.2) is 36.5 Å². The number of rotatable bonds is 6. The van der Waals surface area contributed by atoms with Crippen molar-refractivity contribution in [1.82, 2.24) is 14.7 Å². The second-order valence-electron chi connectivity index (χ2n) is 4.94. The van der Waals surface area contributed by atoms with Gasteiger partial charge in [0.2, 0.25) is 0 Å². The maximum atomic E-state index is 5.83. The molecule has 1 heterocycles. The molecule has 19 heavy (non-hydrogen) atoms. The lowest BCUT2D eigenvalue weighted by Crippen LogP contribution is -2.24. The van der Waals surface area contributed by atoms with Gasteiger partial charge in [0, 0.05) is 32.0 Å². The van der Waals surface area contributed by atoms with E-state index in [0.29, 0.717) is 0 Å². The highest BCUT2D eigenvalue weighted by molar-refractivity contribution is 5.40. The molecule has 0 radical (unpaired) electrons. The van der Waals surface area contributed by atoms with E-state index in [1.165, 1.54) is 5.56 Å². The van der Waals surface area contributed by atoms with E-state index in [4.69, 9.17) is 5.73 Å². The van der Waals surface area contributed by atoms with Crippen molar-refractivity contribution >= 4 is 5.69 Å². The van der Waals surface area contributed by atoms with Crippen LogP contribution in [0.4, 0.5) is 5.69 Å². The lowest BCUT2D eigenvalue weighted by Gasteiger charge is -2.20. The Hall–Kier alpha value is -1.81. The van der Waals surface area contributed by atoms with Crippen LogP contribution in [0.2, 0.25) is 0 Å². The van der Waals surface area contributed by atoms with Crippen molar-refractivity contribution in [3.05, 3.63) is 47.8 Å². The minimum absolute atomic E-state index is 0.826. The maximum Gasteiger partial charge on any atom is 0.0764 e. The van der Waals surface area contributed by atoms with Gasteiger partial charge in [-0.1, -0.05) is 19.1 Å². The number of hydrogen-bond acceptors (Lipinski definition) is 3. The van der Waals surface area contributed by atoms with E-state index in [0.717, 1.165) is 37.4 Å². The Kier molecular flexibility index (Phi) is 4.58. The number of benzene rings is 1. The lowest BCUT2D eigenvalue weighted by molar-refractivity contribution is 0.253. The highest BCUT2D eigenvalue weighted by atomic mass is 15.3. The fourth-order valence-electron chi connectivity index (χ4n) is 2.26. The number of nitrogens with zero attached hydrogens (tertiary/aromatic N) is 3. The Balaban J connectivity index is 2.03. The number of anilines is 1. The number of hydrogen-bond donors (Lipinski definition) is 1. The van der Waals surface area contributed by atoms with Gasteiger partial charge < -0.3 is 5.73 Å². The molecule has 0 atom stereocenters. The van der Waals surface area contributed by atoms with Crippen molar-refractivity contribution in [2.75, 3.05) is 12.3 Å². The first kappa shape index (κ1) is 13.6. The molecule has 0 spiro atoms. The molecule has 0 fully saturated rings. The first-order valence-corrected chi connectivity index (χ1v) is 6.72. The zero-order valence-electron chi connectivity index (χ0n) is 11.7. The van der Waals surface area contributed by atoms with Crippen molar-refractivity contribution in [3.8, 4) is 0 Å². The van der Waals surface area contributed by atoms with Crippen molar-refractivity contribution in [2.24, 2.45) is 7.05 Å².